The van der Waals surface area contributed by atoms with Gasteiger partial charge in [-0.1, -0.05) is 0 Å². The topological polar surface area (TPSA) is 30.0 Å². The van der Waals surface area contributed by atoms with Crippen molar-refractivity contribution in [2.75, 3.05) is 0 Å². The van der Waals surface area contributed by atoms with Gasteiger partial charge < -0.3 is 0 Å². The Balaban J connectivity index is 3.28. The van der Waals surface area contributed by atoms with E-state index in [-0.39, 0.29) is 10.2 Å². The van der Waals surface area contributed by atoms with E-state index in [0.717, 1.165) is 0 Å². The molecule has 0 radical (unpaired) electrons. The molecule has 13 heavy (non-hydrogen) atoms. The summed E-state index contributed by atoms with van der Waals surface area (Å²) in [6, 6.07) is 1.34. The van der Waals surface area contributed by atoms with Crippen molar-refractivity contribution in [1.82, 2.24) is 4.98 Å². The first-order chi connectivity index (χ1) is 6.06. The molecule has 1 rings (SSSR count). The number of pyridine rings is 1. The lowest BCUT2D eigenvalue weighted by molar-refractivity contribution is 0.112. The molecule has 1 heterocycles. The largest absolute Gasteiger partial charge is 0.298 e. The third kappa shape index (κ3) is 2.09. The molecule has 0 atom stereocenters. The molecule has 0 fully saturated rings. The van der Waals surface area contributed by atoms with Gasteiger partial charge in [0.05, 0.1) is 0 Å². The molecule has 0 saturated heterocycles. The first-order valence-electron chi connectivity index (χ1n) is 3.46. The standard InChI is InChI=1S/C8H6BrF2NO/c1-4-5(3-13)2-6(9)7(12-4)8(10)11/h2-3,8H,1H3. The fourth-order valence-corrected chi connectivity index (χ4v) is 1.39. The molecule has 5 heteroatoms. The first-order valence-corrected chi connectivity index (χ1v) is 4.26. The number of halogens is 3. The van der Waals surface area contributed by atoms with Crippen LogP contribution >= 0.6 is 15.9 Å². The molecule has 0 bridgehead atoms. The maximum Gasteiger partial charge on any atom is 0.281 e. The van der Waals surface area contributed by atoms with E-state index in [1.54, 1.807) is 0 Å². The van der Waals surface area contributed by atoms with Gasteiger partial charge in [0.15, 0.2) is 6.29 Å². The predicted molar refractivity (Wildman–Crippen MR) is 47.0 cm³/mol. The van der Waals surface area contributed by atoms with Crippen molar-refractivity contribution < 1.29 is 13.6 Å². The zero-order chi connectivity index (χ0) is 10.0. The van der Waals surface area contributed by atoms with E-state index in [4.69, 9.17) is 0 Å². The molecule has 0 aromatic carbocycles. The third-order valence-electron chi connectivity index (χ3n) is 1.57. The van der Waals surface area contributed by atoms with Gasteiger partial charge >= 0.3 is 0 Å². The van der Waals surface area contributed by atoms with Crippen LogP contribution in [0.1, 0.15) is 28.2 Å². The second kappa shape index (κ2) is 3.91. The summed E-state index contributed by atoms with van der Waals surface area (Å²) in [4.78, 5) is 14.0. The minimum atomic E-state index is -2.63. The number of nitrogens with zero attached hydrogens (tertiary/aromatic N) is 1. The van der Waals surface area contributed by atoms with Crippen molar-refractivity contribution in [1.29, 1.82) is 0 Å². The van der Waals surface area contributed by atoms with Crippen molar-refractivity contribution >= 4 is 22.2 Å². The van der Waals surface area contributed by atoms with Crippen molar-refractivity contribution in [3.05, 3.63) is 27.5 Å². The average Bonchev–Trinajstić information content (AvgIpc) is 2.07. The summed E-state index contributed by atoms with van der Waals surface area (Å²) < 4.78 is 24.7. The van der Waals surface area contributed by atoms with Gasteiger partial charge in [-0.25, -0.2) is 8.78 Å². The molecular weight excluding hydrogens is 244 g/mol. The van der Waals surface area contributed by atoms with Crippen LogP contribution in [-0.2, 0) is 0 Å². The number of aryl methyl sites for hydroxylation is 1. The zero-order valence-electron chi connectivity index (χ0n) is 6.72. The Bertz CT molecular complexity index is 341. The van der Waals surface area contributed by atoms with Crippen LogP contribution in [0, 0.1) is 6.92 Å². The highest BCUT2D eigenvalue weighted by molar-refractivity contribution is 9.10. The molecule has 0 aliphatic heterocycles. The summed E-state index contributed by atoms with van der Waals surface area (Å²) in [5.41, 5.74) is 0.299. The maximum absolute atomic E-state index is 12.3. The van der Waals surface area contributed by atoms with E-state index < -0.39 is 6.43 Å². The lowest BCUT2D eigenvalue weighted by atomic mass is 10.2. The fraction of sp³-hybridized carbons (Fsp3) is 0.250. The minimum Gasteiger partial charge on any atom is -0.298 e. The number of rotatable bonds is 2. The molecule has 0 spiro atoms. The van der Waals surface area contributed by atoms with Crippen molar-refractivity contribution in [2.45, 2.75) is 13.3 Å². The van der Waals surface area contributed by atoms with Crippen molar-refractivity contribution in [3.8, 4) is 0 Å². The molecule has 0 unspecified atom stereocenters. The number of carbonyl (C=O) groups is 1. The maximum atomic E-state index is 12.3. The zero-order valence-corrected chi connectivity index (χ0v) is 8.31. The van der Waals surface area contributed by atoms with Crippen LogP contribution in [-0.4, -0.2) is 11.3 Å². The van der Waals surface area contributed by atoms with E-state index in [1.165, 1.54) is 13.0 Å². The Labute approximate surface area is 82.1 Å². The van der Waals surface area contributed by atoms with Gasteiger partial charge in [-0.15, -0.1) is 0 Å². The number of carbonyl (C=O) groups excluding carboxylic acids is 1. The molecule has 1 aromatic rings. The Kier molecular flexibility index (Phi) is 3.08. The SMILES string of the molecule is Cc1nc(C(F)F)c(Br)cc1C=O. The van der Waals surface area contributed by atoms with Crippen molar-refractivity contribution in [3.63, 3.8) is 0 Å². The quantitative estimate of drug-likeness (QED) is 0.755. The first kappa shape index (κ1) is 10.2. The van der Waals surface area contributed by atoms with Crippen LogP contribution in [0.15, 0.2) is 10.5 Å². The number of aldehydes is 1. The summed E-state index contributed by atoms with van der Waals surface area (Å²) in [6.45, 7) is 1.52. The van der Waals surface area contributed by atoms with Gasteiger partial charge in [-0.3, -0.25) is 9.78 Å². The van der Waals surface area contributed by atoms with Gasteiger partial charge in [0, 0.05) is 15.7 Å². The summed E-state index contributed by atoms with van der Waals surface area (Å²) in [6.07, 6.45) is -2.05. The van der Waals surface area contributed by atoms with Crippen LogP contribution in [0.3, 0.4) is 0 Å². The van der Waals surface area contributed by atoms with E-state index >= 15 is 0 Å². The van der Waals surface area contributed by atoms with Gasteiger partial charge in [0.1, 0.15) is 5.69 Å². The predicted octanol–water partition coefficient (Wildman–Crippen LogP) is 2.90. The highest BCUT2D eigenvalue weighted by atomic mass is 79.9. The normalized spacial score (nSPS) is 10.5. The number of alkyl halides is 2. The Morgan fingerprint density at radius 2 is 2.23 bits per heavy atom. The van der Waals surface area contributed by atoms with Gasteiger partial charge in [-0.05, 0) is 28.9 Å². The number of hydrogen-bond acceptors (Lipinski definition) is 2. The second-order valence-electron chi connectivity index (χ2n) is 2.45. The summed E-state index contributed by atoms with van der Waals surface area (Å²) in [5.74, 6) is 0. The van der Waals surface area contributed by atoms with Crippen LogP contribution in [0.2, 0.25) is 0 Å². The molecule has 0 amide bonds. The van der Waals surface area contributed by atoms with Gasteiger partial charge in [-0.2, -0.15) is 0 Å². The smallest absolute Gasteiger partial charge is 0.281 e. The fourth-order valence-electron chi connectivity index (χ4n) is 0.886. The molecule has 1 aromatic heterocycles. The van der Waals surface area contributed by atoms with E-state index in [9.17, 15) is 13.6 Å². The van der Waals surface area contributed by atoms with Gasteiger partial charge in [0.25, 0.3) is 6.43 Å². The highest BCUT2D eigenvalue weighted by Gasteiger charge is 2.15. The second-order valence-corrected chi connectivity index (χ2v) is 3.30. The third-order valence-corrected chi connectivity index (χ3v) is 2.20. The Morgan fingerprint density at radius 3 is 2.69 bits per heavy atom. The Morgan fingerprint density at radius 1 is 1.62 bits per heavy atom. The van der Waals surface area contributed by atoms with Crippen LogP contribution in [0.4, 0.5) is 8.78 Å². The molecule has 0 N–H and O–H groups in total. The molecular formula is C8H6BrF2NO. The summed E-state index contributed by atoms with van der Waals surface area (Å²) >= 11 is 2.92. The lowest BCUT2D eigenvalue weighted by Crippen LogP contribution is -1.98. The lowest BCUT2D eigenvalue weighted by Gasteiger charge is -2.05. The monoisotopic (exact) mass is 249 g/mol. The van der Waals surface area contributed by atoms with Crippen LogP contribution in [0.5, 0.6) is 0 Å². The molecule has 70 valence electrons. The van der Waals surface area contributed by atoms with Gasteiger partial charge in [0.2, 0.25) is 0 Å². The van der Waals surface area contributed by atoms with E-state index in [2.05, 4.69) is 20.9 Å². The molecule has 0 aliphatic rings. The highest BCUT2D eigenvalue weighted by Crippen LogP contribution is 2.26. The molecule has 2 nitrogen and oxygen atoms in total. The average molecular weight is 250 g/mol. The van der Waals surface area contributed by atoms with Crippen LogP contribution in [0.25, 0.3) is 0 Å². The molecule has 0 aliphatic carbocycles. The summed E-state index contributed by atoms with van der Waals surface area (Å²) in [5, 5.41) is 0. The molecule has 0 saturated carbocycles. The summed E-state index contributed by atoms with van der Waals surface area (Å²) in [7, 11) is 0. The van der Waals surface area contributed by atoms with E-state index in [0.29, 0.717) is 17.5 Å². The van der Waals surface area contributed by atoms with Crippen LogP contribution < -0.4 is 0 Å². The number of hydrogen-bond donors (Lipinski definition) is 0. The number of aromatic nitrogens is 1. The van der Waals surface area contributed by atoms with E-state index in [1.807, 2.05) is 0 Å². The Hall–Kier alpha value is -0.840. The van der Waals surface area contributed by atoms with Crippen molar-refractivity contribution in [2.24, 2.45) is 0 Å². The minimum absolute atomic E-state index is 0.162.